The summed E-state index contributed by atoms with van der Waals surface area (Å²) in [6.45, 7) is 3.86. The van der Waals surface area contributed by atoms with E-state index in [1.807, 2.05) is 41.3 Å². The minimum atomic E-state index is 0. The third-order valence-corrected chi connectivity index (χ3v) is 5.25. The average Bonchev–Trinajstić information content (AvgIpc) is 3.21. The highest BCUT2D eigenvalue weighted by molar-refractivity contribution is 5.98. The summed E-state index contributed by atoms with van der Waals surface area (Å²) >= 11 is 0. The van der Waals surface area contributed by atoms with Crippen molar-refractivity contribution in [1.29, 1.82) is 0 Å². The van der Waals surface area contributed by atoms with Gasteiger partial charge in [-0.2, -0.15) is 0 Å². The first-order chi connectivity index (χ1) is 11.3. The van der Waals surface area contributed by atoms with Gasteiger partial charge in [-0.25, -0.2) is 0 Å². The number of nitrogens with zero attached hydrogens (tertiary/aromatic N) is 1. The maximum absolute atomic E-state index is 12.9. The summed E-state index contributed by atoms with van der Waals surface area (Å²) in [5.41, 5.74) is 1.92. The molecule has 1 N–H and O–H groups in total. The number of hydrogen-bond donors (Lipinski definition) is 1. The molecule has 2 aliphatic heterocycles. The molecule has 2 fully saturated rings. The second-order valence-electron chi connectivity index (χ2n) is 6.58. The van der Waals surface area contributed by atoms with Crippen LogP contribution in [0.2, 0.25) is 0 Å². The van der Waals surface area contributed by atoms with Crippen LogP contribution in [0.15, 0.2) is 47.1 Å². The number of likely N-dealkylation sites (tertiary alicyclic amines) is 1. The molecule has 2 saturated heterocycles. The molecule has 4 nitrogen and oxygen atoms in total. The first-order valence-corrected chi connectivity index (χ1v) is 8.46. The fraction of sp³-hybridized carbons (Fsp3) is 0.421. The summed E-state index contributed by atoms with van der Waals surface area (Å²) in [7, 11) is 0. The maximum Gasteiger partial charge on any atom is 0.290 e. The number of carbonyl (C=O) groups excluding carboxylic acids is 1. The Morgan fingerprint density at radius 2 is 1.71 bits per heavy atom. The van der Waals surface area contributed by atoms with Gasteiger partial charge in [0.15, 0.2) is 5.76 Å². The van der Waals surface area contributed by atoms with Gasteiger partial charge < -0.3 is 14.6 Å². The van der Waals surface area contributed by atoms with E-state index in [9.17, 15) is 4.79 Å². The van der Waals surface area contributed by atoms with E-state index in [0.717, 1.165) is 62.0 Å². The van der Waals surface area contributed by atoms with Crippen molar-refractivity contribution in [2.45, 2.75) is 12.8 Å². The lowest BCUT2D eigenvalue weighted by atomic mass is 9.92. The topological polar surface area (TPSA) is 45.5 Å². The molecule has 1 amide bonds. The van der Waals surface area contributed by atoms with Gasteiger partial charge >= 0.3 is 0 Å². The molecule has 5 heteroatoms. The lowest BCUT2D eigenvalue weighted by molar-refractivity contribution is 0.0727. The fourth-order valence-corrected chi connectivity index (χ4v) is 3.88. The van der Waals surface area contributed by atoms with Crippen LogP contribution in [0.4, 0.5) is 0 Å². The van der Waals surface area contributed by atoms with Crippen molar-refractivity contribution >= 4 is 18.3 Å². The Bertz CT molecular complexity index is 672. The Hall–Kier alpha value is -1.78. The molecule has 0 saturated carbocycles. The predicted molar refractivity (Wildman–Crippen MR) is 96.4 cm³/mol. The minimum absolute atomic E-state index is 0. The normalized spacial score (nSPS) is 23.2. The zero-order valence-corrected chi connectivity index (χ0v) is 14.4. The molecule has 128 valence electrons. The van der Waals surface area contributed by atoms with Crippen molar-refractivity contribution in [3.05, 3.63) is 48.4 Å². The van der Waals surface area contributed by atoms with Crippen molar-refractivity contribution < 1.29 is 9.21 Å². The molecule has 3 heterocycles. The van der Waals surface area contributed by atoms with Crippen molar-refractivity contribution in [3.8, 4) is 11.1 Å². The van der Waals surface area contributed by atoms with Crippen LogP contribution in [0.25, 0.3) is 11.1 Å². The summed E-state index contributed by atoms with van der Waals surface area (Å²) in [4.78, 5) is 14.9. The number of halogens is 1. The van der Waals surface area contributed by atoms with Gasteiger partial charge in [0.25, 0.3) is 5.91 Å². The molecule has 1 aromatic carbocycles. The highest BCUT2D eigenvalue weighted by Crippen LogP contribution is 2.30. The Morgan fingerprint density at radius 3 is 2.38 bits per heavy atom. The molecule has 1 aromatic heterocycles. The van der Waals surface area contributed by atoms with Crippen LogP contribution < -0.4 is 5.32 Å². The molecule has 4 rings (SSSR count). The monoisotopic (exact) mass is 346 g/mol. The van der Waals surface area contributed by atoms with Crippen molar-refractivity contribution in [3.63, 3.8) is 0 Å². The summed E-state index contributed by atoms with van der Waals surface area (Å²) in [6.07, 6.45) is 3.79. The van der Waals surface area contributed by atoms with Crippen molar-refractivity contribution in [2.75, 3.05) is 26.2 Å². The standard InChI is InChI=1S/C19H22N2O2.ClH/c22-19(21-9-6-15-12-20-13-16(15)7-10-21)18-17(8-11-23-18)14-4-2-1-3-5-14;/h1-5,8,11,15-16,20H,6-7,9-10,12-13H2;1H/t15-,16+;. The quantitative estimate of drug-likeness (QED) is 0.906. The van der Waals surface area contributed by atoms with Gasteiger partial charge in [0, 0.05) is 18.7 Å². The molecular formula is C19H23ClN2O2. The van der Waals surface area contributed by atoms with E-state index in [1.54, 1.807) is 6.26 Å². The van der Waals surface area contributed by atoms with Gasteiger partial charge in [-0.15, -0.1) is 12.4 Å². The van der Waals surface area contributed by atoms with E-state index in [1.165, 1.54) is 0 Å². The van der Waals surface area contributed by atoms with Crippen molar-refractivity contribution in [2.24, 2.45) is 11.8 Å². The number of amides is 1. The smallest absolute Gasteiger partial charge is 0.290 e. The fourth-order valence-electron chi connectivity index (χ4n) is 3.88. The number of rotatable bonds is 2. The summed E-state index contributed by atoms with van der Waals surface area (Å²) < 4.78 is 5.57. The van der Waals surface area contributed by atoms with E-state index in [-0.39, 0.29) is 18.3 Å². The Kier molecular flexibility index (Phi) is 5.27. The summed E-state index contributed by atoms with van der Waals surface area (Å²) in [5, 5.41) is 3.47. The molecular weight excluding hydrogens is 324 g/mol. The number of furan rings is 1. The average molecular weight is 347 g/mol. The van der Waals surface area contributed by atoms with E-state index >= 15 is 0 Å². The van der Waals surface area contributed by atoms with E-state index in [4.69, 9.17) is 4.42 Å². The molecule has 0 bridgehead atoms. The van der Waals surface area contributed by atoms with Crippen LogP contribution in [-0.2, 0) is 0 Å². The summed E-state index contributed by atoms with van der Waals surface area (Å²) in [5.74, 6) is 1.94. The highest BCUT2D eigenvalue weighted by atomic mass is 35.5. The van der Waals surface area contributed by atoms with Gasteiger partial charge in [-0.1, -0.05) is 30.3 Å². The molecule has 0 radical (unpaired) electrons. The van der Waals surface area contributed by atoms with Crippen LogP contribution in [0.1, 0.15) is 23.4 Å². The maximum atomic E-state index is 12.9. The van der Waals surface area contributed by atoms with Crippen LogP contribution >= 0.6 is 12.4 Å². The lowest BCUT2D eigenvalue weighted by Crippen LogP contribution is -2.32. The van der Waals surface area contributed by atoms with Crippen LogP contribution in [0, 0.1) is 11.8 Å². The Balaban J connectivity index is 0.00000169. The highest BCUT2D eigenvalue weighted by Gasteiger charge is 2.32. The van der Waals surface area contributed by atoms with E-state index < -0.39 is 0 Å². The number of fused-ring (bicyclic) bond motifs is 1. The third kappa shape index (κ3) is 3.21. The molecule has 2 aromatic rings. The zero-order valence-electron chi connectivity index (χ0n) is 13.6. The second-order valence-corrected chi connectivity index (χ2v) is 6.58. The van der Waals surface area contributed by atoms with E-state index in [2.05, 4.69) is 5.32 Å². The number of carbonyl (C=O) groups is 1. The van der Waals surface area contributed by atoms with Gasteiger partial charge in [-0.05, 0) is 49.4 Å². The third-order valence-electron chi connectivity index (χ3n) is 5.25. The summed E-state index contributed by atoms with van der Waals surface area (Å²) in [6, 6.07) is 11.9. The molecule has 2 atom stereocenters. The van der Waals surface area contributed by atoms with Gasteiger partial charge in [0.1, 0.15) is 0 Å². The van der Waals surface area contributed by atoms with E-state index in [0.29, 0.717) is 5.76 Å². The van der Waals surface area contributed by atoms with Gasteiger partial charge in [-0.3, -0.25) is 4.79 Å². The number of nitrogens with one attached hydrogen (secondary N) is 1. The van der Waals surface area contributed by atoms with Crippen molar-refractivity contribution in [1.82, 2.24) is 10.2 Å². The largest absolute Gasteiger partial charge is 0.459 e. The molecule has 0 spiro atoms. The van der Waals surface area contributed by atoms with Gasteiger partial charge in [0.2, 0.25) is 0 Å². The number of hydrogen-bond acceptors (Lipinski definition) is 3. The van der Waals surface area contributed by atoms with Crippen LogP contribution in [0.5, 0.6) is 0 Å². The molecule has 2 aliphatic rings. The first kappa shape index (κ1) is 17.1. The van der Waals surface area contributed by atoms with Crippen LogP contribution in [-0.4, -0.2) is 37.0 Å². The predicted octanol–water partition coefficient (Wildman–Crippen LogP) is 3.44. The Morgan fingerprint density at radius 1 is 1.04 bits per heavy atom. The molecule has 0 aliphatic carbocycles. The number of benzene rings is 1. The first-order valence-electron chi connectivity index (χ1n) is 8.46. The van der Waals surface area contributed by atoms with Gasteiger partial charge in [0.05, 0.1) is 6.26 Å². The van der Waals surface area contributed by atoms with Crippen LogP contribution in [0.3, 0.4) is 0 Å². The zero-order chi connectivity index (χ0) is 15.6. The SMILES string of the molecule is Cl.O=C(c1occc1-c1ccccc1)N1CC[C@@H]2CNC[C@@H]2CC1. The molecule has 24 heavy (non-hydrogen) atoms. The minimum Gasteiger partial charge on any atom is -0.459 e. The molecule has 0 unspecified atom stereocenters. The Labute approximate surface area is 148 Å². The lowest BCUT2D eigenvalue weighted by Gasteiger charge is -2.20. The second kappa shape index (κ2) is 7.41.